The van der Waals surface area contributed by atoms with Gasteiger partial charge in [0.25, 0.3) is 0 Å². The Bertz CT molecular complexity index is 953. The van der Waals surface area contributed by atoms with E-state index in [1.165, 1.54) is 18.1 Å². The number of hydrogen-bond acceptors (Lipinski definition) is 4. The molecule has 35 heavy (non-hydrogen) atoms. The third-order valence-corrected chi connectivity index (χ3v) is 9.58. The molecule has 3 saturated carbocycles. The van der Waals surface area contributed by atoms with Crippen LogP contribution in [0.3, 0.4) is 0 Å². The molecule has 0 amide bonds. The van der Waals surface area contributed by atoms with Crippen LogP contribution in [0.15, 0.2) is 60.3 Å². The highest BCUT2D eigenvalue weighted by Crippen LogP contribution is 2.65. The van der Waals surface area contributed by atoms with Gasteiger partial charge in [0, 0.05) is 24.0 Å². The average Bonchev–Trinajstić information content (AvgIpc) is 3.15. The standard InChI is InChI=1S/C31H42O4/c1-5-7-9-11-28(32)34-23-17-19-30(3)22(21-23)13-14-24-25-15-16-27(31(25,4)20-18-26(24)30)35-29(33)12-10-8-6-2/h5-13,23-27H,14-21H2,1-4H3/b7-5+,8-6+,11-9+,12-10+/t23-,24-,25-,26-,27-,30-,31-/m0/s1. The van der Waals surface area contributed by atoms with Gasteiger partial charge in [-0.25, -0.2) is 9.59 Å². The summed E-state index contributed by atoms with van der Waals surface area (Å²) in [4.78, 5) is 24.6. The Morgan fingerprint density at radius 2 is 1.54 bits per heavy atom. The lowest BCUT2D eigenvalue weighted by atomic mass is 9.48. The summed E-state index contributed by atoms with van der Waals surface area (Å²) in [6.45, 7) is 8.69. The molecule has 0 heterocycles. The van der Waals surface area contributed by atoms with Crippen molar-refractivity contribution in [1.29, 1.82) is 0 Å². The highest BCUT2D eigenvalue weighted by Gasteiger charge is 2.59. The van der Waals surface area contributed by atoms with Crippen LogP contribution >= 0.6 is 0 Å². The van der Waals surface area contributed by atoms with E-state index in [1.54, 1.807) is 18.2 Å². The summed E-state index contributed by atoms with van der Waals surface area (Å²) in [6, 6.07) is 0. The van der Waals surface area contributed by atoms with Crippen molar-refractivity contribution in [3.8, 4) is 0 Å². The molecule has 4 nitrogen and oxygen atoms in total. The minimum Gasteiger partial charge on any atom is -0.459 e. The topological polar surface area (TPSA) is 52.6 Å². The molecular weight excluding hydrogens is 436 g/mol. The van der Waals surface area contributed by atoms with Crippen molar-refractivity contribution >= 4 is 11.9 Å². The van der Waals surface area contributed by atoms with Gasteiger partial charge < -0.3 is 9.47 Å². The summed E-state index contributed by atoms with van der Waals surface area (Å²) in [5, 5.41) is 0. The zero-order chi connectivity index (χ0) is 25.1. The van der Waals surface area contributed by atoms with Gasteiger partial charge in [-0.1, -0.05) is 62.0 Å². The molecule has 4 heteroatoms. The molecule has 190 valence electrons. The molecule has 0 aromatic rings. The maximum absolute atomic E-state index is 12.4. The number of carbonyl (C=O) groups is 2. The van der Waals surface area contributed by atoms with E-state index < -0.39 is 0 Å². The van der Waals surface area contributed by atoms with E-state index in [4.69, 9.17) is 9.47 Å². The number of fused-ring (bicyclic) bond motifs is 5. The molecule has 0 aromatic heterocycles. The fourth-order valence-electron chi connectivity index (χ4n) is 7.75. The molecule has 7 atom stereocenters. The van der Waals surface area contributed by atoms with Gasteiger partial charge in [-0.2, -0.15) is 0 Å². The van der Waals surface area contributed by atoms with Crippen LogP contribution in [-0.4, -0.2) is 24.1 Å². The molecule has 4 aliphatic rings. The summed E-state index contributed by atoms with van der Waals surface area (Å²) < 4.78 is 11.8. The second-order valence-electron chi connectivity index (χ2n) is 11.4. The van der Waals surface area contributed by atoms with Crippen LogP contribution in [0.25, 0.3) is 0 Å². The van der Waals surface area contributed by atoms with E-state index in [9.17, 15) is 9.59 Å². The number of ether oxygens (including phenoxy) is 2. The van der Waals surface area contributed by atoms with Gasteiger partial charge in [0.1, 0.15) is 12.2 Å². The first kappa shape index (κ1) is 25.7. The molecule has 0 N–H and O–H groups in total. The fraction of sp³-hybridized carbons (Fsp3) is 0.613. The Morgan fingerprint density at radius 3 is 2.23 bits per heavy atom. The molecule has 3 fully saturated rings. The fourth-order valence-corrected chi connectivity index (χ4v) is 7.75. The molecule has 0 radical (unpaired) electrons. The van der Waals surface area contributed by atoms with Crippen LogP contribution in [0.2, 0.25) is 0 Å². The van der Waals surface area contributed by atoms with E-state index in [0.29, 0.717) is 17.8 Å². The Balaban J connectivity index is 1.43. The van der Waals surface area contributed by atoms with Crippen LogP contribution in [0.1, 0.15) is 79.1 Å². The maximum atomic E-state index is 12.4. The predicted octanol–water partition coefficient (Wildman–Crippen LogP) is 7.04. The third kappa shape index (κ3) is 5.13. The highest BCUT2D eigenvalue weighted by atomic mass is 16.5. The molecule has 0 bridgehead atoms. The van der Waals surface area contributed by atoms with Crippen molar-refractivity contribution in [3.05, 3.63) is 60.3 Å². The SMILES string of the molecule is C/C=C/C=C/C(=O)O[C@H]1CC[C@@]2(C)C(=CC[C@H]3[C@@H]4CC[C@H](OC(=O)/C=C/C=C/C)[C@@]4(C)CC[C@@H]32)C1. The van der Waals surface area contributed by atoms with Crippen molar-refractivity contribution in [3.63, 3.8) is 0 Å². The summed E-state index contributed by atoms with van der Waals surface area (Å²) in [6.07, 6.45) is 24.9. The minimum atomic E-state index is -0.244. The monoisotopic (exact) mass is 478 g/mol. The van der Waals surface area contributed by atoms with Crippen LogP contribution in [0, 0.1) is 28.6 Å². The quantitative estimate of drug-likeness (QED) is 0.178. The number of esters is 2. The van der Waals surface area contributed by atoms with Crippen molar-refractivity contribution < 1.29 is 19.1 Å². The smallest absolute Gasteiger partial charge is 0.331 e. The third-order valence-electron chi connectivity index (χ3n) is 9.58. The van der Waals surface area contributed by atoms with Gasteiger partial charge >= 0.3 is 11.9 Å². The Kier molecular flexibility index (Phi) is 7.88. The molecule has 4 rings (SSSR count). The van der Waals surface area contributed by atoms with E-state index >= 15 is 0 Å². The number of rotatable bonds is 6. The number of allylic oxidation sites excluding steroid dienone is 7. The van der Waals surface area contributed by atoms with Crippen molar-refractivity contribution in [2.75, 3.05) is 0 Å². The zero-order valence-electron chi connectivity index (χ0n) is 21.9. The lowest BCUT2D eigenvalue weighted by Gasteiger charge is -2.57. The van der Waals surface area contributed by atoms with Crippen molar-refractivity contribution in [1.82, 2.24) is 0 Å². The molecule has 0 unspecified atom stereocenters. The van der Waals surface area contributed by atoms with Crippen molar-refractivity contribution in [2.24, 2.45) is 28.6 Å². The zero-order valence-corrected chi connectivity index (χ0v) is 21.9. The van der Waals surface area contributed by atoms with Crippen LogP contribution < -0.4 is 0 Å². The van der Waals surface area contributed by atoms with E-state index in [2.05, 4.69) is 19.9 Å². The van der Waals surface area contributed by atoms with Gasteiger partial charge in [0.05, 0.1) is 0 Å². The first-order chi connectivity index (χ1) is 16.8. The first-order valence-electron chi connectivity index (χ1n) is 13.5. The van der Waals surface area contributed by atoms with Gasteiger partial charge in [-0.15, -0.1) is 0 Å². The van der Waals surface area contributed by atoms with Crippen LogP contribution in [0.5, 0.6) is 0 Å². The van der Waals surface area contributed by atoms with Crippen molar-refractivity contribution in [2.45, 2.75) is 91.3 Å². The minimum absolute atomic E-state index is 0.0140. The summed E-state index contributed by atoms with van der Waals surface area (Å²) in [5.74, 6) is 1.44. The van der Waals surface area contributed by atoms with E-state index in [-0.39, 0.29) is 35.0 Å². The second-order valence-corrected chi connectivity index (χ2v) is 11.4. The lowest BCUT2D eigenvalue weighted by Crippen LogP contribution is -2.51. The molecule has 0 spiro atoms. The normalized spacial score (nSPS) is 39.0. The van der Waals surface area contributed by atoms with E-state index in [1.807, 2.05) is 38.2 Å². The van der Waals surface area contributed by atoms with Gasteiger partial charge in [-0.3, -0.25) is 0 Å². The Morgan fingerprint density at radius 1 is 0.857 bits per heavy atom. The molecular formula is C31H42O4. The van der Waals surface area contributed by atoms with Gasteiger partial charge in [0.15, 0.2) is 0 Å². The number of hydrogen-bond donors (Lipinski definition) is 0. The highest BCUT2D eigenvalue weighted by molar-refractivity contribution is 5.82. The summed E-state index contributed by atoms with van der Waals surface area (Å²) in [7, 11) is 0. The van der Waals surface area contributed by atoms with Gasteiger partial charge in [0.2, 0.25) is 0 Å². The summed E-state index contributed by atoms with van der Waals surface area (Å²) >= 11 is 0. The number of carbonyl (C=O) groups excluding carboxylic acids is 2. The van der Waals surface area contributed by atoms with Gasteiger partial charge in [-0.05, 0) is 82.0 Å². The van der Waals surface area contributed by atoms with Crippen LogP contribution in [0.4, 0.5) is 0 Å². The molecule has 4 aliphatic carbocycles. The Labute approximate surface area is 211 Å². The predicted molar refractivity (Wildman–Crippen MR) is 139 cm³/mol. The summed E-state index contributed by atoms with van der Waals surface area (Å²) in [5.41, 5.74) is 1.76. The van der Waals surface area contributed by atoms with E-state index in [0.717, 1.165) is 44.9 Å². The Hall–Kier alpha value is -2.36. The first-order valence-corrected chi connectivity index (χ1v) is 13.5. The lowest BCUT2D eigenvalue weighted by molar-refractivity contribution is -0.153. The van der Waals surface area contributed by atoms with Crippen LogP contribution in [-0.2, 0) is 19.1 Å². The molecule has 0 aliphatic heterocycles. The largest absolute Gasteiger partial charge is 0.459 e. The average molecular weight is 479 g/mol. The maximum Gasteiger partial charge on any atom is 0.331 e. The molecule has 0 aromatic carbocycles. The molecule has 0 saturated heterocycles. The second kappa shape index (κ2) is 10.7.